The van der Waals surface area contributed by atoms with Crippen molar-refractivity contribution < 1.29 is 0 Å². The summed E-state index contributed by atoms with van der Waals surface area (Å²) in [7, 11) is 0. The first kappa shape index (κ1) is 13.4. The molecule has 0 saturated heterocycles. The first-order chi connectivity index (χ1) is 9.67. The summed E-state index contributed by atoms with van der Waals surface area (Å²) in [6.45, 7) is 4.32. The Hall–Kier alpha value is -1.60. The molecule has 2 aromatic heterocycles. The molecular weight excluding hydrogens is 274 g/mol. The van der Waals surface area contributed by atoms with Crippen molar-refractivity contribution in [3.8, 4) is 0 Å². The molecule has 0 radical (unpaired) electrons. The number of fused-ring (bicyclic) bond motifs is 1. The fourth-order valence-electron chi connectivity index (χ4n) is 2.45. The van der Waals surface area contributed by atoms with Gasteiger partial charge in [0.1, 0.15) is 0 Å². The van der Waals surface area contributed by atoms with Gasteiger partial charge in [0.05, 0.1) is 23.3 Å². The zero-order valence-corrected chi connectivity index (χ0v) is 12.4. The zero-order chi connectivity index (χ0) is 14.1. The van der Waals surface area contributed by atoms with Gasteiger partial charge >= 0.3 is 0 Å². The molecule has 0 bridgehead atoms. The van der Waals surface area contributed by atoms with Gasteiger partial charge in [0, 0.05) is 31.7 Å². The topological polar surface area (TPSA) is 77.7 Å². The molecule has 0 aromatic carbocycles. The number of imidazole rings is 1. The van der Waals surface area contributed by atoms with Gasteiger partial charge in [0.2, 0.25) is 0 Å². The summed E-state index contributed by atoms with van der Waals surface area (Å²) in [4.78, 5) is 29.1. The average molecular weight is 291 g/mol. The minimum Gasteiger partial charge on any atom is -0.348 e. The van der Waals surface area contributed by atoms with Gasteiger partial charge in [-0.1, -0.05) is 11.8 Å². The molecule has 106 valence electrons. The van der Waals surface area contributed by atoms with E-state index in [1.54, 1.807) is 6.33 Å². The molecule has 3 heterocycles. The van der Waals surface area contributed by atoms with E-state index in [2.05, 4.69) is 24.8 Å². The van der Waals surface area contributed by atoms with Gasteiger partial charge in [-0.15, -0.1) is 0 Å². The van der Waals surface area contributed by atoms with E-state index in [4.69, 9.17) is 0 Å². The molecule has 3 rings (SSSR count). The number of nitrogens with zero attached hydrogens (tertiary/aromatic N) is 3. The number of H-pyrrole nitrogens is 2. The van der Waals surface area contributed by atoms with Crippen molar-refractivity contribution in [3.63, 3.8) is 0 Å². The number of aromatic amines is 2. The van der Waals surface area contributed by atoms with Crippen molar-refractivity contribution in [2.24, 2.45) is 0 Å². The van der Waals surface area contributed by atoms with Crippen LogP contribution in [0.4, 0.5) is 0 Å². The largest absolute Gasteiger partial charge is 0.348 e. The Morgan fingerprint density at radius 1 is 1.50 bits per heavy atom. The number of hydrogen-bond donors (Lipinski definition) is 2. The SMILES string of the molecule is CSc1nc2c(c(=O)[nH]1)CN(Cc1nc[nH]c1C)CC2. The number of hydrogen-bond acceptors (Lipinski definition) is 5. The normalized spacial score (nSPS) is 15.3. The highest BCUT2D eigenvalue weighted by atomic mass is 32.2. The van der Waals surface area contributed by atoms with Crippen LogP contribution in [0.2, 0.25) is 0 Å². The van der Waals surface area contributed by atoms with Gasteiger partial charge in [0.25, 0.3) is 5.56 Å². The van der Waals surface area contributed by atoms with Crippen LogP contribution in [-0.4, -0.2) is 37.6 Å². The third-order valence-corrected chi connectivity index (χ3v) is 4.21. The Labute approximate surface area is 121 Å². The maximum absolute atomic E-state index is 12.1. The Morgan fingerprint density at radius 2 is 2.35 bits per heavy atom. The van der Waals surface area contributed by atoms with E-state index >= 15 is 0 Å². The fourth-order valence-corrected chi connectivity index (χ4v) is 2.84. The molecule has 1 aliphatic rings. The lowest BCUT2D eigenvalue weighted by molar-refractivity contribution is 0.238. The molecule has 0 fully saturated rings. The molecule has 20 heavy (non-hydrogen) atoms. The number of nitrogens with one attached hydrogen (secondary N) is 2. The molecule has 0 atom stereocenters. The minimum atomic E-state index is -0.0113. The summed E-state index contributed by atoms with van der Waals surface area (Å²) in [6.07, 6.45) is 4.44. The molecule has 2 aromatic rings. The predicted molar refractivity (Wildman–Crippen MR) is 77.8 cm³/mol. The van der Waals surface area contributed by atoms with Crippen LogP contribution >= 0.6 is 11.8 Å². The molecule has 0 amide bonds. The third-order valence-electron chi connectivity index (χ3n) is 3.63. The lowest BCUT2D eigenvalue weighted by Gasteiger charge is -2.27. The van der Waals surface area contributed by atoms with Crippen molar-refractivity contribution in [1.29, 1.82) is 0 Å². The molecule has 0 unspecified atom stereocenters. The van der Waals surface area contributed by atoms with E-state index in [0.717, 1.165) is 42.2 Å². The summed E-state index contributed by atoms with van der Waals surface area (Å²) in [6, 6.07) is 0. The zero-order valence-electron chi connectivity index (χ0n) is 11.6. The first-order valence-corrected chi connectivity index (χ1v) is 7.77. The van der Waals surface area contributed by atoms with Gasteiger partial charge in [0.15, 0.2) is 5.16 Å². The summed E-state index contributed by atoms with van der Waals surface area (Å²) in [5.74, 6) is 0. The summed E-state index contributed by atoms with van der Waals surface area (Å²) >= 11 is 1.47. The number of rotatable bonds is 3. The van der Waals surface area contributed by atoms with Crippen LogP contribution in [-0.2, 0) is 19.5 Å². The van der Waals surface area contributed by atoms with Crippen molar-refractivity contribution in [3.05, 3.63) is 39.3 Å². The number of thioether (sulfide) groups is 1. The summed E-state index contributed by atoms with van der Waals surface area (Å²) in [5, 5.41) is 0.699. The van der Waals surface area contributed by atoms with E-state index < -0.39 is 0 Å². The highest BCUT2D eigenvalue weighted by Crippen LogP contribution is 2.18. The Balaban J connectivity index is 1.82. The van der Waals surface area contributed by atoms with Gasteiger partial charge in [-0.2, -0.15) is 0 Å². The van der Waals surface area contributed by atoms with Gasteiger partial charge in [-0.25, -0.2) is 9.97 Å². The van der Waals surface area contributed by atoms with Crippen LogP contribution in [0.1, 0.15) is 22.6 Å². The van der Waals surface area contributed by atoms with E-state index in [1.165, 1.54) is 11.8 Å². The highest BCUT2D eigenvalue weighted by molar-refractivity contribution is 7.98. The molecule has 7 heteroatoms. The first-order valence-electron chi connectivity index (χ1n) is 6.54. The molecule has 0 aliphatic carbocycles. The van der Waals surface area contributed by atoms with Crippen LogP contribution in [0.5, 0.6) is 0 Å². The standard InChI is InChI=1S/C13H17N5OS/c1-8-11(15-7-14-8)6-18-4-3-10-9(5-18)12(19)17-13(16-10)20-2/h7H,3-6H2,1-2H3,(H,14,15)(H,16,17,19). The number of aromatic nitrogens is 4. The second-order valence-electron chi connectivity index (χ2n) is 4.94. The van der Waals surface area contributed by atoms with E-state index in [1.807, 2.05) is 13.2 Å². The molecule has 2 N–H and O–H groups in total. The van der Waals surface area contributed by atoms with Crippen molar-refractivity contribution in [2.75, 3.05) is 12.8 Å². The van der Waals surface area contributed by atoms with Gasteiger partial charge in [-0.05, 0) is 13.2 Å². The average Bonchev–Trinajstić information content (AvgIpc) is 2.85. The summed E-state index contributed by atoms with van der Waals surface area (Å²) < 4.78 is 0. The van der Waals surface area contributed by atoms with Crippen molar-refractivity contribution in [1.82, 2.24) is 24.8 Å². The molecule has 0 spiro atoms. The summed E-state index contributed by atoms with van der Waals surface area (Å²) in [5.41, 5.74) is 3.84. The smallest absolute Gasteiger partial charge is 0.256 e. The second-order valence-corrected chi connectivity index (χ2v) is 5.73. The van der Waals surface area contributed by atoms with Crippen molar-refractivity contribution >= 4 is 11.8 Å². The van der Waals surface area contributed by atoms with Crippen LogP contribution in [0.3, 0.4) is 0 Å². The van der Waals surface area contributed by atoms with Gasteiger partial charge < -0.3 is 9.97 Å². The lowest BCUT2D eigenvalue weighted by Crippen LogP contribution is -2.35. The van der Waals surface area contributed by atoms with Crippen LogP contribution in [0.15, 0.2) is 16.3 Å². The molecule has 6 nitrogen and oxygen atoms in total. The van der Waals surface area contributed by atoms with E-state index in [0.29, 0.717) is 11.7 Å². The maximum Gasteiger partial charge on any atom is 0.256 e. The lowest BCUT2D eigenvalue weighted by atomic mass is 10.1. The Kier molecular flexibility index (Phi) is 3.62. The van der Waals surface area contributed by atoms with Crippen LogP contribution < -0.4 is 5.56 Å². The van der Waals surface area contributed by atoms with Crippen LogP contribution in [0, 0.1) is 6.92 Å². The van der Waals surface area contributed by atoms with E-state index in [-0.39, 0.29) is 5.56 Å². The highest BCUT2D eigenvalue weighted by Gasteiger charge is 2.21. The second kappa shape index (κ2) is 5.41. The Morgan fingerprint density at radius 3 is 3.05 bits per heavy atom. The quantitative estimate of drug-likeness (QED) is 0.653. The van der Waals surface area contributed by atoms with E-state index in [9.17, 15) is 4.79 Å². The van der Waals surface area contributed by atoms with Gasteiger partial charge in [-0.3, -0.25) is 9.69 Å². The predicted octanol–water partition coefficient (Wildman–Crippen LogP) is 1.08. The monoisotopic (exact) mass is 291 g/mol. The minimum absolute atomic E-state index is 0.0113. The molecule has 1 aliphatic heterocycles. The molecular formula is C13H17N5OS. The molecule has 0 saturated carbocycles. The Bertz CT molecular complexity index is 678. The maximum atomic E-state index is 12.1. The fraction of sp³-hybridized carbons (Fsp3) is 0.462. The number of aryl methyl sites for hydroxylation is 1. The van der Waals surface area contributed by atoms with Crippen molar-refractivity contribution in [2.45, 2.75) is 31.6 Å². The third kappa shape index (κ3) is 2.51. The van der Waals surface area contributed by atoms with Crippen LogP contribution in [0.25, 0.3) is 0 Å².